The Bertz CT molecular complexity index is 508. The maximum Gasteiger partial charge on any atom is 0.223 e. The van der Waals surface area contributed by atoms with E-state index in [1.165, 1.54) is 37.7 Å². The van der Waals surface area contributed by atoms with Crippen LogP contribution >= 0.6 is 0 Å². The van der Waals surface area contributed by atoms with Gasteiger partial charge in [-0.15, -0.1) is 0 Å². The van der Waals surface area contributed by atoms with Crippen molar-refractivity contribution < 1.29 is 9.53 Å². The number of hydrogen-bond acceptors (Lipinski definition) is 2. The summed E-state index contributed by atoms with van der Waals surface area (Å²) in [5.41, 5.74) is 1.22. The predicted molar refractivity (Wildman–Crippen MR) is 87.9 cm³/mol. The molecule has 1 heterocycles. The highest BCUT2D eigenvalue weighted by Gasteiger charge is 2.31. The summed E-state index contributed by atoms with van der Waals surface area (Å²) < 4.78 is 5.33. The van der Waals surface area contributed by atoms with Gasteiger partial charge < -0.3 is 9.64 Å². The number of amides is 1. The molecule has 0 aromatic heterocycles. The van der Waals surface area contributed by atoms with Crippen molar-refractivity contribution in [2.45, 2.75) is 57.4 Å². The fourth-order valence-corrected chi connectivity index (χ4v) is 4.02. The SMILES string of the molecule is COc1cccc(C2CCCN2C(=O)CC2CCCCC2)c1. The molecule has 3 nitrogen and oxygen atoms in total. The Morgan fingerprint density at radius 1 is 1.18 bits per heavy atom. The normalized spacial score (nSPS) is 22.8. The molecule has 1 aliphatic carbocycles. The molecule has 120 valence electrons. The summed E-state index contributed by atoms with van der Waals surface area (Å²) >= 11 is 0. The second kappa shape index (κ2) is 7.17. The first-order valence-corrected chi connectivity index (χ1v) is 8.71. The monoisotopic (exact) mass is 301 g/mol. The molecule has 1 amide bonds. The van der Waals surface area contributed by atoms with Crippen molar-refractivity contribution in [3.05, 3.63) is 29.8 Å². The number of nitrogens with zero attached hydrogens (tertiary/aromatic N) is 1. The van der Waals surface area contributed by atoms with E-state index in [-0.39, 0.29) is 6.04 Å². The summed E-state index contributed by atoms with van der Waals surface area (Å²) in [7, 11) is 1.69. The third-order valence-corrected chi connectivity index (χ3v) is 5.24. The molecule has 2 fully saturated rings. The van der Waals surface area contributed by atoms with E-state index >= 15 is 0 Å². The van der Waals surface area contributed by atoms with Gasteiger partial charge in [0.1, 0.15) is 5.75 Å². The maximum atomic E-state index is 12.7. The molecular weight excluding hydrogens is 274 g/mol. The minimum Gasteiger partial charge on any atom is -0.497 e. The molecule has 0 spiro atoms. The smallest absolute Gasteiger partial charge is 0.223 e. The van der Waals surface area contributed by atoms with Crippen LogP contribution in [0.25, 0.3) is 0 Å². The van der Waals surface area contributed by atoms with Gasteiger partial charge in [0, 0.05) is 13.0 Å². The number of hydrogen-bond donors (Lipinski definition) is 0. The average molecular weight is 301 g/mol. The van der Waals surface area contributed by atoms with Crippen molar-refractivity contribution in [3.8, 4) is 5.75 Å². The van der Waals surface area contributed by atoms with Crippen LogP contribution in [0, 0.1) is 5.92 Å². The zero-order valence-electron chi connectivity index (χ0n) is 13.6. The number of benzene rings is 1. The van der Waals surface area contributed by atoms with Gasteiger partial charge in [0.05, 0.1) is 13.2 Å². The van der Waals surface area contributed by atoms with Gasteiger partial charge in [-0.3, -0.25) is 4.79 Å². The third kappa shape index (κ3) is 3.45. The molecule has 1 atom stereocenters. The Morgan fingerprint density at radius 3 is 2.77 bits per heavy atom. The Hall–Kier alpha value is -1.51. The largest absolute Gasteiger partial charge is 0.497 e. The Balaban J connectivity index is 1.67. The number of ether oxygens (including phenoxy) is 1. The van der Waals surface area contributed by atoms with Gasteiger partial charge >= 0.3 is 0 Å². The molecule has 1 aromatic rings. The van der Waals surface area contributed by atoms with Gasteiger partial charge in [-0.1, -0.05) is 31.4 Å². The molecule has 3 heteroatoms. The number of methoxy groups -OCH3 is 1. The maximum absolute atomic E-state index is 12.7. The van der Waals surface area contributed by atoms with Crippen molar-refractivity contribution in [2.75, 3.05) is 13.7 Å². The lowest BCUT2D eigenvalue weighted by molar-refractivity contribution is -0.133. The van der Waals surface area contributed by atoms with Gasteiger partial charge in [0.15, 0.2) is 0 Å². The molecule has 2 aliphatic rings. The first kappa shape index (κ1) is 15.4. The standard InChI is InChI=1S/C19H27NO2/c1-22-17-10-5-9-16(14-17)18-11-6-12-20(18)19(21)13-15-7-3-2-4-8-15/h5,9-10,14-15,18H,2-4,6-8,11-13H2,1H3. The summed E-state index contributed by atoms with van der Waals surface area (Å²) in [6.45, 7) is 0.910. The van der Waals surface area contributed by atoms with Gasteiger partial charge in [-0.25, -0.2) is 0 Å². The van der Waals surface area contributed by atoms with E-state index in [9.17, 15) is 4.79 Å². The third-order valence-electron chi connectivity index (χ3n) is 5.24. The molecule has 0 bridgehead atoms. The number of carbonyl (C=O) groups excluding carboxylic acids is 1. The van der Waals surface area contributed by atoms with Crippen molar-refractivity contribution in [1.82, 2.24) is 4.90 Å². The van der Waals surface area contributed by atoms with E-state index in [0.717, 1.165) is 31.6 Å². The van der Waals surface area contributed by atoms with E-state index in [1.807, 2.05) is 12.1 Å². The van der Waals surface area contributed by atoms with Gasteiger partial charge in [0.25, 0.3) is 0 Å². The Morgan fingerprint density at radius 2 is 2.00 bits per heavy atom. The lowest BCUT2D eigenvalue weighted by Crippen LogP contribution is -2.32. The van der Waals surface area contributed by atoms with Crippen molar-refractivity contribution in [1.29, 1.82) is 0 Å². The summed E-state index contributed by atoms with van der Waals surface area (Å²) in [4.78, 5) is 14.9. The van der Waals surface area contributed by atoms with Crippen LogP contribution in [0.2, 0.25) is 0 Å². The molecule has 1 saturated carbocycles. The van der Waals surface area contributed by atoms with Crippen LogP contribution in [-0.4, -0.2) is 24.5 Å². The molecule has 0 radical (unpaired) electrons. The molecule has 1 aliphatic heterocycles. The van der Waals surface area contributed by atoms with E-state index in [1.54, 1.807) is 7.11 Å². The fraction of sp³-hybridized carbons (Fsp3) is 0.632. The van der Waals surface area contributed by atoms with Crippen LogP contribution in [0.15, 0.2) is 24.3 Å². The van der Waals surface area contributed by atoms with Crippen LogP contribution in [-0.2, 0) is 4.79 Å². The summed E-state index contributed by atoms with van der Waals surface area (Å²) in [5.74, 6) is 1.86. The molecule has 1 unspecified atom stereocenters. The topological polar surface area (TPSA) is 29.5 Å². The summed E-state index contributed by atoms with van der Waals surface area (Å²) in [6.07, 6.45) is 9.37. The first-order valence-electron chi connectivity index (χ1n) is 8.71. The minimum absolute atomic E-state index is 0.242. The highest BCUT2D eigenvalue weighted by molar-refractivity contribution is 5.77. The fourth-order valence-electron chi connectivity index (χ4n) is 4.02. The van der Waals surface area contributed by atoms with E-state index in [4.69, 9.17) is 4.74 Å². The summed E-state index contributed by atoms with van der Waals surface area (Å²) in [6, 6.07) is 8.44. The molecule has 1 saturated heterocycles. The second-order valence-electron chi connectivity index (χ2n) is 6.73. The van der Waals surface area contributed by atoms with Crippen LogP contribution in [0.4, 0.5) is 0 Å². The zero-order chi connectivity index (χ0) is 15.4. The molecular formula is C19H27NO2. The Labute approximate surface area is 133 Å². The molecule has 3 rings (SSSR count). The lowest BCUT2D eigenvalue weighted by atomic mass is 9.86. The zero-order valence-corrected chi connectivity index (χ0v) is 13.6. The predicted octanol–water partition coefficient (Wildman–Crippen LogP) is 4.33. The van der Waals surface area contributed by atoms with Crippen LogP contribution in [0.5, 0.6) is 5.75 Å². The van der Waals surface area contributed by atoms with Crippen molar-refractivity contribution in [2.24, 2.45) is 5.92 Å². The lowest BCUT2D eigenvalue weighted by Gasteiger charge is -2.28. The molecule has 22 heavy (non-hydrogen) atoms. The molecule has 0 N–H and O–H groups in total. The van der Waals surface area contributed by atoms with Crippen LogP contribution in [0.3, 0.4) is 0 Å². The highest BCUT2D eigenvalue weighted by atomic mass is 16.5. The quantitative estimate of drug-likeness (QED) is 0.828. The van der Waals surface area contributed by atoms with Gasteiger partial charge in [-0.05, 0) is 49.3 Å². The number of carbonyl (C=O) groups is 1. The second-order valence-corrected chi connectivity index (χ2v) is 6.73. The van der Waals surface area contributed by atoms with E-state index in [0.29, 0.717) is 11.8 Å². The van der Waals surface area contributed by atoms with Gasteiger partial charge in [0.2, 0.25) is 5.91 Å². The number of rotatable bonds is 4. The van der Waals surface area contributed by atoms with Gasteiger partial charge in [-0.2, -0.15) is 0 Å². The Kier molecular flexibility index (Phi) is 5.01. The average Bonchev–Trinajstić information content (AvgIpc) is 3.05. The molecule has 1 aromatic carbocycles. The summed E-state index contributed by atoms with van der Waals surface area (Å²) in [5, 5.41) is 0. The number of likely N-dealkylation sites (tertiary alicyclic amines) is 1. The van der Waals surface area contributed by atoms with Crippen LogP contribution in [0.1, 0.15) is 63.0 Å². The van der Waals surface area contributed by atoms with E-state index in [2.05, 4.69) is 17.0 Å². The van der Waals surface area contributed by atoms with Crippen molar-refractivity contribution in [3.63, 3.8) is 0 Å². The van der Waals surface area contributed by atoms with Crippen LogP contribution < -0.4 is 4.74 Å². The highest BCUT2D eigenvalue weighted by Crippen LogP contribution is 2.35. The van der Waals surface area contributed by atoms with E-state index < -0.39 is 0 Å². The first-order chi connectivity index (χ1) is 10.8. The van der Waals surface area contributed by atoms with Crippen molar-refractivity contribution >= 4 is 5.91 Å². The minimum atomic E-state index is 0.242.